The Labute approximate surface area is 135 Å². The van der Waals surface area contributed by atoms with Gasteiger partial charge in [0, 0.05) is 11.6 Å². The van der Waals surface area contributed by atoms with E-state index < -0.39 is 18.2 Å². The maximum absolute atomic E-state index is 12.3. The Balaban J connectivity index is 2.15. The van der Waals surface area contributed by atoms with Crippen molar-refractivity contribution in [2.75, 3.05) is 6.61 Å². The Morgan fingerprint density at radius 1 is 1.30 bits per heavy atom. The number of ether oxygens (including phenoxy) is 3. The zero-order chi connectivity index (χ0) is 16.8. The number of hydrogen-bond acceptors (Lipinski definition) is 5. The van der Waals surface area contributed by atoms with Crippen LogP contribution in [-0.4, -0.2) is 24.8 Å². The van der Waals surface area contributed by atoms with E-state index in [2.05, 4.69) is 0 Å². The van der Waals surface area contributed by atoms with Crippen LogP contribution in [0.5, 0.6) is 0 Å². The van der Waals surface area contributed by atoms with Crippen molar-refractivity contribution in [1.29, 1.82) is 0 Å². The Morgan fingerprint density at radius 2 is 2.00 bits per heavy atom. The van der Waals surface area contributed by atoms with Gasteiger partial charge in [0.15, 0.2) is 0 Å². The molecular formula is C18H20O5. The van der Waals surface area contributed by atoms with Gasteiger partial charge in [0.1, 0.15) is 11.8 Å². The third-order valence-electron chi connectivity index (χ3n) is 3.10. The Bertz CT molecular complexity index is 628. The Hall–Kier alpha value is -2.56. The lowest BCUT2D eigenvalue weighted by Crippen LogP contribution is -2.14. The standard InChI is InChI=1S/C18H20O5/c1-12(2)10-22-18(20)15(14-7-5-4-6-8-14)11-21-16-9-13(3)17(19)23-16/h4-9,11-12,16H,10H2,1-3H3/b15-11+. The minimum absolute atomic E-state index is 0.235. The summed E-state index contributed by atoms with van der Waals surface area (Å²) < 4.78 is 15.7. The number of cyclic esters (lactones) is 1. The third-order valence-corrected chi connectivity index (χ3v) is 3.10. The normalized spacial score (nSPS) is 17.7. The van der Waals surface area contributed by atoms with E-state index in [4.69, 9.17) is 14.2 Å². The smallest absolute Gasteiger partial charge is 0.341 e. The molecule has 5 heteroatoms. The zero-order valence-electron chi connectivity index (χ0n) is 13.4. The zero-order valence-corrected chi connectivity index (χ0v) is 13.4. The summed E-state index contributed by atoms with van der Waals surface area (Å²) in [6, 6.07) is 9.06. The third kappa shape index (κ3) is 4.71. The van der Waals surface area contributed by atoms with Crippen molar-refractivity contribution in [3.8, 4) is 0 Å². The van der Waals surface area contributed by atoms with Crippen LogP contribution in [0.25, 0.3) is 5.57 Å². The van der Waals surface area contributed by atoms with Crippen molar-refractivity contribution in [3.63, 3.8) is 0 Å². The molecule has 0 bridgehead atoms. The lowest BCUT2D eigenvalue weighted by atomic mass is 10.1. The highest BCUT2D eigenvalue weighted by atomic mass is 16.7. The van der Waals surface area contributed by atoms with Gasteiger partial charge in [0.2, 0.25) is 0 Å². The number of hydrogen-bond donors (Lipinski definition) is 0. The lowest BCUT2D eigenvalue weighted by Gasteiger charge is -2.12. The molecule has 1 aliphatic heterocycles. The van der Waals surface area contributed by atoms with Gasteiger partial charge < -0.3 is 14.2 Å². The first-order valence-corrected chi connectivity index (χ1v) is 7.45. The fourth-order valence-corrected chi connectivity index (χ4v) is 1.88. The van der Waals surface area contributed by atoms with Gasteiger partial charge in [-0.3, -0.25) is 0 Å². The van der Waals surface area contributed by atoms with E-state index in [-0.39, 0.29) is 11.5 Å². The first-order chi connectivity index (χ1) is 11.0. The molecule has 0 aliphatic carbocycles. The maximum atomic E-state index is 12.3. The summed E-state index contributed by atoms with van der Waals surface area (Å²) in [6.07, 6.45) is 2.02. The van der Waals surface area contributed by atoms with Crippen LogP contribution < -0.4 is 0 Å². The first kappa shape index (κ1) is 16.8. The lowest BCUT2D eigenvalue weighted by molar-refractivity contribution is -0.152. The molecule has 0 N–H and O–H groups in total. The summed E-state index contributed by atoms with van der Waals surface area (Å²) in [5.41, 5.74) is 1.43. The van der Waals surface area contributed by atoms with Crippen molar-refractivity contribution in [1.82, 2.24) is 0 Å². The summed E-state index contributed by atoms with van der Waals surface area (Å²) in [5.74, 6) is -0.666. The van der Waals surface area contributed by atoms with Gasteiger partial charge in [-0.1, -0.05) is 44.2 Å². The van der Waals surface area contributed by atoms with Gasteiger partial charge in [-0.15, -0.1) is 0 Å². The molecular weight excluding hydrogens is 296 g/mol. The fraction of sp³-hybridized carbons (Fsp3) is 0.333. The van der Waals surface area contributed by atoms with Crippen LogP contribution in [0.3, 0.4) is 0 Å². The maximum Gasteiger partial charge on any atom is 0.341 e. The average Bonchev–Trinajstić information content (AvgIpc) is 2.85. The van der Waals surface area contributed by atoms with Crippen molar-refractivity contribution in [2.45, 2.75) is 27.1 Å². The van der Waals surface area contributed by atoms with Crippen molar-refractivity contribution in [2.24, 2.45) is 5.92 Å². The molecule has 0 saturated heterocycles. The summed E-state index contributed by atoms with van der Waals surface area (Å²) in [5, 5.41) is 0. The summed E-state index contributed by atoms with van der Waals surface area (Å²) in [4.78, 5) is 23.6. The van der Waals surface area contributed by atoms with Crippen LogP contribution in [0, 0.1) is 5.92 Å². The van der Waals surface area contributed by atoms with E-state index in [0.29, 0.717) is 17.7 Å². The van der Waals surface area contributed by atoms with Crippen LogP contribution in [-0.2, 0) is 23.8 Å². The molecule has 0 radical (unpaired) electrons. The van der Waals surface area contributed by atoms with Gasteiger partial charge in [0.05, 0.1) is 6.61 Å². The SMILES string of the molecule is CC1=CC(O/C=C(/C(=O)OCC(C)C)c2ccccc2)OC1=O. The monoisotopic (exact) mass is 316 g/mol. The molecule has 5 nitrogen and oxygen atoms in total. The number of benzene rings is 1. The minimum atomic E-state index is -0.820. The van der Waals surface area contributed by atoms with E-state index in [1.807, 2.05) is 32.0 Å². The second kappa shape index (κ2) is 7.63. The molecule has 1 aromatic carbocycles. The van der Waals surface area contributed by atoms with Crippen LogP contribution >= 0.6 is 0 Å². The molecule has 1 aromatic rings. The second-order valence-corrected chi connectivity index (χ2v) is 5.65. The molecule has 1 unspecified atom stereocenters. The van der Waals surface area contributed by atoms with E-state index in [9.17, 15) is 9.59 Å². The molecule has 23 heavy (non-hydrogen) atoms. The summed E-state index contributed by atoms with van der Waals surface area (Å²) >= 11 is 0. The first-order valence-electron chi connectivity index (χ1n) is 7.45. The quantitative estimate of drug-likeness (QED) is 0.458. The molecule has 0 spiro atoms. The summed E-state index contributed by atoms with van der Waals surface area (Å²) in [7, 11) is 0. The number of rotatable bonds is 6. The molecule has 2 rings (SSSR count). The van der Waals surface area contributed by atoms with E-state index in [1.54, 1.807) is 25.1 Å². The fourth-order valence-electron chi connectivity index (χ4n) is 1.88. The minimum Gasteiger partial charge on any atom is -0.462 e. The van der Waals surface area contributed by atoms with Gasteiger partial charge in [-0.2, -0.15) is 0 Å². The number of esters is 2. The van der Waals surface area contributed by atoms with E-state index >= 15 is 0 Å². The average molecular weight is 316 g/mol. The van der Waals surface area contributed by atoms with Crippen molar-refractivity contribution in [3.05, 3.63) is 53.8 Å². The van der Waals surface area contributed by atoms with Crippen LogP contribution in [0.15, 0.2) is 48.2 Å². The van der Waals surface area contributed by atoms with Crippen molar-refractivity contribution >= 4 is 17.5 Å². The predicted molar refractivity (Wildman–Crippen MR) is 84.9 cm³/mol. The van der Waals surface area contributed by atoms with Gasteiger partial charge in [0.25, 0.3) is 6.29 Å². The number of carbonyl (C=O) groups is 2. The van der Waals surface area contributed by atoms with Gasteiger partial charge >= 0.3 is 11.9 Å². The summed E-state index contributed by atoms with van der Waals surface area (Å²) in [6.45, 7) is 5.88. The van der Waals surface area contributed by atoms with Gasteiger partial charge in [-0.05, 0) is 18.4 Å². The molecule has 0 aromatic heterocycles. The second-order valence-electron chi connectivity index (χ2n) is 5.65. The van der Waals surface area contributed by atoms with E-state index in [1.165, 1.54) is 6.26 Å². The van der Waals surface area contributed by atoms with Crippen LogP contribution in [0.4, 0.5) is 0 Å². The van der Waals surface area contributed by atoms with Crippen LogP contribution in [0.1, 0.15) is 26.3 Å². The molecule has 0 amide bonds. The molecule has 1 aliphatic rings. The highest BCUT2D eigenvalue weighted by Crippen LogP contribution is 2.20. The molecule has 122 valence electrons. The van der Waals surface area contributed by atoms with Crippen LogP contribution in [0.2, 0.25) is 0 Å². The molecule has 0 fully saturated rings. The highest BCUT2D eigenvalue weighted by Gasteiger charge is 2.23. The van der Waals surface area contributed by atoms with E-state index in [0.717, 1.165) is 0 Å². The largest absolute Gasteiger partial charge is 0.462 e. The van der Waals surface area contributed by atoms with Crippen molar-refractivity contribution < 1.29 is 23.8 Å². The molecule has 0 saturated carbocycles. The highest BCUT2D eigenvalue weighted by molar-refractivity contribution is 6.16. The topological polar surface area (TPSA) is 61.8 Å². The number of carbonyl (C=O) groups excluding carboxylic acids is 2. The Morgan fingerprint density at radius 3 is 2.57 bits per heavy atom. The molecule has 1 atom stereocenters. The Kier molecular flexibility index (Phi) is 5.57. The molecule has 1 heterocycles. The predicted octanol–water partition coefficient (Wildman–Crippen LogP) is 3.07. The van der Waals surface area contributed by atoms with Gasteiger partial charge in [-0.25, -0.2) is 9.59 Å².